The smallest absolute Gasteiger partial charge is 0.309 e. The van der Waals surface area contributed by atoms with Gasteiger partial charge >= 0.3 is 5.97 Å². The number of benzene rings is 1. The van der Waals surface area contributed by atoms with Gasteiger partial charge in [0.15, 0.2) is 6.61 Å². The highest BCUT2D eigenvalue weighted by Gasteiger charge is 2.40. The summed E-state index contributed by atoms with van der Waals surface area (Å²) in [5.74, 6) is -0.212. The van der Waals surface area contributed by atoms with E-state index in [0.717, 1.165) is 10.9 Å². The lowest BCUT2D eigenvalue weighted by Crippen LogP contribution is -2.21. The van der Waals surface area contributed by atoms with Gasteiger partial charge in [0.25, 0.3) is 5.91 Å². The molecule has 1 aliphatic carbocycles. The van der Waals surface area contributed by atoms with Gasteiger partial charge in [-0.1, -0.05) is 28.9 Å². The van der Waals surface area contributed by atoms with E-state index in [9.17, 15) is 9.59 Å². The van der Waals surface area contributed by atoms with Crippen LogP contribution in [0.3, 0.4) is 0 Å². The van der Waals surface area contributed by atoms with Crippen LogP contribution in [0.15, 0.2) is 28.7 Å². The van der Waals surface area contributed by atoms with E-state index in [1.54, 1.807) is 12.1 Å². The Labute approximate surface area is 114 Å². The fraction of sp³-hybridized carbons (Fsp3) is 0.385. The van der Waals surface area contributed by atoms with Gasteiger partial charge in [0.1, 0.15) is 0 Å². The number of hydrogen-bond acceptors (Lipinski definition) is 3. The average molecular weight is 312 g/mol. The number of carbonyl (C=O) groups excluding carboxylic acids is 2. The van der Waals surface area contributed by atoms with Crippen molar-refractivity contribution in [2.24, 2.45) is 11.8 Å². The second kappa shape index (κ2) is 5.52. The van der Waals surface area contributed by atoms with Gasteiger partial charge in [-0.15, -0.1) is 0 Å². The van der Waals surface area contributed by atoms with E-state index < -0.39 is 0 Å². The molecule has 0 heterocycles. The Morgan fingerprint density at radius 1 is 1.50 bits per heavy atom. The van der Waals surface area contributed by atoms with Gasteiger partial charge in [0.05, 0.1) is 5.92 Å². The van der Waals surface area contributed by atoms with E-state index in [4.69, 9.17) is 4.74 Å². The average Bonchev–Trinajstić information content (AvgIpc) is 3.03. The number of hydrogen-bond donors (Lipinski definition) is 1. The molecule has 1 saturated carbocycles. The number of carbonyl (C=O) groups is 2. The Bertz CT molecular complexity index is 475. The second-order valence-electron chi connectivity index (χ2n) is 4.49. The summed E-state index contributed by atoms with van der Waals surface area (Å²) >= 11 is 3.31. The molecule has 0 bridgehead atoms. The highest BCUT2D eigenvalue weighted by atomic mass is 79.9. The van der Waals surface area contributed by atoms with Crippen molar-refractivity contribution in [2.75, 3.05) is 11.9 Å². The van der Waals surface area contributed by atoms with Crippen molar-refractivity contribution in [2.45, 2.75) is 13.3 Å². The largest absolute Gasteiger partial charge is 0.455 e. The standard InChI is InChI=1S/C13H14BrNO3/c1-8-5-11(8)13(17)18-7-12(16)15-10-4-2-3-9(14)6-10/h2-4,6,8,11H,5,7H2,1H3,(H,15,16)/t8-,11+/m1/s1. The van der Waals surface area contributed by atoms with Gasteiger partial charge in [-0.2, -0.15) is 0 Å². The maximum absolute atomic E-state index is 11.5. The van der Waals surface area contributed by atoms with Crippen LogP contribution in [0.1, 0.15) is 13.3 Å². The van der Waals surface area contributed by atoms with Crippen molar-refractivity contribution < 1.29 is 14.3 Å². The van der Waals surface area contributed by atoms with Crippen LogP contribution in [-0.2, 0) is 14.3 Å². The molecule has 1 aliphatic rings. The van der Waals surface area contributed by atoms with E-state index >= 15 is 0 Å². The maximum Gasteiger partial charge on any atom is 0.309 e. The van der Waals surface area contributed by atoms with E-state index in [0.29, 0.717) is 11.6 Å². The van der Waals surface area contributed by atoms with Crippen molar-refractivity contribution in [1.29, 1.82) is 0 Å². The van der Waals surface area contributed by atoms with Gasteiger partial charge in [-0.25, -0.2) is 0 Å². The first-order chi connectivity index (χ1) is 8.56. The summed E-state index contributed by atoms with van der Waals surface area (Å²) in [6, 6.07) is 7.23. The van der Waals surface area contributed by atoms with E-state index in [-0.39, 0.29) is 24.4 Å². The summed E-state index contributed by atoms with van der Waals surface area (Å²) < 4.78 is 5.82. The molecule has 1 N–H and O–H groups in total. The first-order valence-corrected chi connectivity index (χ1v) is 6.57. The fourth-order valence-electron chi connectivity index (χ4n) is 1.66. The van der Waals surface area contributed by atoms with Gasteiger partial charge < -0.3 is 10.1 Å². The first kappa shape index (κ1) is 13.1. The number of anilines is 1. The van der Waals surface area contributed by atoms with Crippen molar-refractivity contribution in [3.8, 4) is 0 Å². The maximum atomic E-state index is 11.5. The topological polar surface area (TPSA) is 55.4 Å². The van der Waals surface area contributed by atoms with Crippen molar-refractivity contribution in [1.82, 2.24) is 0 Å². The lowest BCUT2D eigenvalue weighted by Gasteiger charge is -2.06. The van der Waals surface area contributed by atoms with E-state index in [1.807, 2.05) is 19.1 Å². The number of esters is 1. The Hall–Kier alpha value is -1.36. The number of halogens is 1. The van der Waals surface area contributed by atoms with Crippen LogP contribution in [0.4, 0.5) is 5.69 Å². The summed E-state index contributed by atoms with van der Waals surface area (Å²) in [4.78, 5) is 23.0. The fourth-order valence-corrected chi connectivity index (χ4v) is 2.06. The molecule has 0 unspecified atom stereocenters. The molecule has 5 heteroatoms. The summed E-state index contributed by atoms with van der Waals surface area (Å²) in [5, 5.41) is 2.66. The van der Waals surface area contributed by atoms with Crippen LogP contribution in [0.2, 0.25) is 0 Å². The van der Waals surface area contributed by atoms with Crippen molar-refractivity contribution in [3.63, 3.8) is 0 Å². The molecule has 4 nitrogen and oxygen atoms in total. The molecule has 0 radical (unpaired) electrons. The van der Waals surface area contributed by atoms with Gasteiger partial charge in [0.2, 0.25) is 0 Å². The van der Waals surface area contributed by atoms with Crippen LogP contribution < -0.4 is 5.32 Å². The third-order valence-electron chi connectivity index (χ3n) is 2.87. The minimum atomic E-state index is -0.324. The zero-order valence-corrected chi connectivity index (χ0v) is 11.6. The molecule has 2 atom stereocenters. The number of amides is 1. The van der Waals surface area contributed by atoms with Crippen LogP contribution in [0, 0.1) is 11.8 Å². The van der Waals surface area contributed by atoms with Crippen molar-refractivity contribution >= 4 is 33.5 Å². The monoisotopic (exact) mass is 311 g/mol. The third-order valence-corrected chi connectivity index (χ3v) is 3.36. The SMILES string of the molecule is C[C@@H]1C[C@@H]1C(=O)OCC(=O)Nc1cccc(Br)c1. The van der Waals surface area contributed by atoms with Gasteiger partial charge in [0, 0.05) is 10.2 Å². The van der Waals surface area contributed by atoms with Crippen LogP contribution in [0.5, 0.6) is 0 Å². The quantitative estimate of drug-likeness (QED) is 0.870. The summed E-state index contributed by atoms with van der Waals surface area (Å²) in [5.41, 5.74) is 0.671. The Morgan fingerprint density at radius 2 is 2.22 bits per heavy atom. The summed E-state index contributed by atoms with van der Waals surface area (Å²) in [7, 11) is 0. The zero-order valence-electron chi connectivity index (χ0n) is 9.98. The predicted molar refractivity (Wildman–Crippen MR) is 71.0 cm³/mol. The lowest BCUT2D eigenvalue weighted by molar-refractivity contribution is -0.148. The summed E-state index contributed by atoms with van der Waals surface area (Å²) in [6.07, 6.45) is 0.867. The van der Waals surface area contributed by atoms with Gasteiger partial charge in [-0.05, 0) is 30.5 Å². The molecular weight excluding hydrogens is 298 g/mol. The molecule has 0 saturated heterocycles. The number of ether oxygens (including phenoxy) is 1. The Kier molecular flexibility index (Phi) is 4.01. The molecular formula is C13H14BrNO3. The zero-order chi connectivity index (χ0) is 13.1. The van der Waals surface area contributed by atoms with Crippen LogP contribution in [0.25, 0.3) is 0 Å². The number of nitrogens with one attached hydrogen (secondary N) is 1. The molecule has 1 amide bonds. The Morgan fingerprint density at radius 3 is 2.83 bits per heavy atom. The van der Waals surface area contributed by atoms with Crippen LogP contribution in [-0.4, -0.2) is 18.5 Å². The second-order valence-corrected chi connectivity index (χ2v) is 5.40. The van der Waals surface area contributed by atoms with Crippen LogP contribution >= 0.6 is 15.9 Å². The Balaban J connectivity index is 1.77. The molecule has 1 aromatic carbocycles. The minimum absolute atomic E-state index is 0.0105. The molecule has 1 fully saturated rings. The van der Waals surface area contributed by atoms with E-state index in [2.05, 4.69) is 21.2 Å². The molecule has 0 spiro atoms. The minimum Gasteiger partial charge on any atom is -0.455 e. The van der Waals surface area contributed by atoms with Crippen molar-refractivity contribution in [3.05, 3.63) is 28.7 Å². The normalized spacial score (nSPS) is 21.2. The highest BCUT2D eigenvalue weighted by molar-refractivity contribution is 9.10. The molecule has 1 aromatic rings. The molecule has 18 heavy (non-hydrogen) atoms. The molecule has 96 valence electrons. The third kappa shape index (κ3) is 3.57. The molecule has 2 rings (SSSR count). The van der Waals surface area contributed by atoms with Gasteiger partial charge in [-0.3, -0.25) is 9.59 Å². The highest BCUT2D eigenvalue weighted by Crippen LogP contribution is 2.38. The lowest BCUT2D eigenvalue weighted by atomic mass is 10.3. The molecule has 0 aromatic heterocycles. The molecule has 0 aliphatic heterocycles. The van der Waals surface area contributed by atoms with E-state index in [1.165, 1.54) is 0 Å². The summed E-state index contributed by atoms with van der Waals surface area (Å²) in [6.45, 7) is 1.77. The number of rotatable bonds is 4. The predicted octanol–water partition coefficient (Wildman–Crippen LogP) is 2.59. The first-order valence-electron chi connectivity index (χ1n) is 5.78.